The second-order valence-corrected chi connectivity index (χ2v) is 4.09. The zero-order chi connectivity index (χ0) is 12.2. The number of hydrogen-bond acceptors (Lipinski definition) is 3. The van der Waals surface area contributed by atoms with Gasteiger partial charge >= 0.3 is 0 Å². The number of benzene rings is 1. The van der Waals surface area contributed by atoms with Gasteiger partial charge in [0.25, 0.3) is 0 Å². The van der Waals surface area contributed by atoms with Gasteiger partial charge in [-0.2, -0.15) is 5.10 Å². The standard InChI is InChI=1S/C8H9N.C6H5N3/c1-2-4-8-7(3-1)5-6-9-8;1-3-7-6-2-4-8-9(6)5-1/h1-4,9H,5-6H2;1-5H. The first-order chi connectivity index (χ1) is 8.93. The van der Waals surface area contributed by atoms with Crippen LogP contribution < -0.4 is 5.32 Å². The van der Waals surface area contributed by atoms with Gasteiger partial charge in [0.2, 0.25) is 0 Å². The molecule has 3 aromatic rings. The third-order valence-electron chi connectivity index (χ3n) is 2.90. The monoisotopic (exact) mass is 238 g/mol. The predicted octanol–water partition coefficient (Wildman–Crippen LogP) is 2.38. The van der Waals surface area contributed by atoms with E-state index in [0.29, 0.717) is 0 Å². The summed E-state index contributed by atoms with van der Waals surface area (Å²) in [6.07, 6.45) is 6.53. The van der Waals surface area contributed by atoms with Gasteiger partial charge in [-0.05, 0) is 24.1 Å². The van der Waals surface area contributed by atoms with E-state index < -0.39 is 0 Å². The van der Waals surface area contributed by atoms with Gasteiger partial charge in [-0.25, -0.2) is 9.50 Å². The summed E-state index contributed by atoms with van der Waals surface area (Å²) < 4.78 is 1.72. The van der Waals surface area contributed by atoms with Gasteiger partial charge in [0, 0.05) is 30.7 Å². The fourth-order valence-electron chi connectivity index (χ4n) is 2.01. The lowest BCUT2D eigenvalue weighted by Gasteiger charge is -1.94. The quantitative estimate of drug-likeness (QED) is 0.654. The number of hydrogen-bond donors (Lipinski definition) is 1. The molecule has 0 amide bonds. The molecule has 0 saturated carbocycles. The molecule has 0 fully saturated rings. The molecule has 4 heteroatoms. The Hall–Kier alpha value is -2.36. The maximum atomic E-state index is 4.04. The molecular weight excluding hydrogens is 224 g/mol. The van der Waals surface area contributed by atoms with Gasteiger partial charge in [0.15, 0.2) is 5.65 Å². The number of aromatic nitrogens is 3. The van der Waals surface area contributed by atoms with Crippen LogP contribution in [0.1, 0.15) is 5.56 Å². The van der Waals surface area contributed by atoms with E-state index in [4.69, 9.17) is 0 Å². The summed E-state index contributed by atoms with van der Waals surface area (Å²) in [5.41, 5.74) is 3.66. The third-order valence-corrected chi connectivity index (χ3v) is 2.90. The maximum absolute atomic E-state index is 4.04. The van der Waals surface area contributed by atoms with E-state index in [-0.39, 0.29) is 0 Å². The second kappa shape index (κ2) is 4.87. The van der Waals surface area contributed by atoms with Crippen molar-refractivity contribution < 1.29 is 0 Å². The Morgan fingerprint density at radius 2 is 2.00 bits per heavy atom. The number of nitrogens with zero attached hydrogens (tertiary/aromatic N) is 3. The number of nitrogens with one attached hydrogen (secondary N) is 1. The Morgan fingerprint density at radius 3 is 2.89 bits per heavy atom. The summed E-state index contributed by atoms with van der Waals surface area (Å²) in [7, 11) is 0. The molecule has 0 atom stereocenters. The van der Waals surface area contributed by atoms with Crippen LogP contribution in [0.3, 0.4) is 0 Å². The van der Waals surface area contributed by atoms with Crippen LogP contribution in [0.2, 0.25) is 0 Å². The Bertz CT molecular complexity index is 592. The molecule has 90 valence electrons. The molecule has 18 heavy (non-hydrogen) atoms. The van der Waals surface area contributed by atoms with Crippen LogP contribution in [-0.2, 0) is 6.42 Å². The van der Waals surface area contributed by atoms with Crippen LogP contribution in [0.4, 0.5) is 5.69 Å². The molecule has 0 aliphatic carbocycles. The van der Waals surface area contributed by atoms with E-state index in [1.807, 2.05) is 18.3 Å². The molecule has 1 N–H and O–H groups in total. The van der Waals surface area contributed by atoms with Crippen molar-refractivity contribution in [1.29, 1.82) is 0 Å². The Balaban J connectivity index is 0.000000111. The van der Waals surface area contributed by atoms with Crippen LogP contribution in [0.25, 0.3) is 5.65 Å². The first kappa shape index (κ1) is 10.8. The van der Waals surface area contributed by atoms with E-state index in [0.717, 1.165) is 12.2 Å². The zero-order valence-corrected chi connectivity index (χ0v) is 9.95. The summed E-state index contributed by atoms with van der Waals surface area (Å²) in [4.78, 5) is 4.04. The lowest BCUT2D eigenvalue weighted by molar-refractivity contribution is 0.939. The van der Waals surface area contributed by atoms with Crippen molar-refractivity contribution in [2.75, 3.05) is 11.9 Å². The van der Waals surface area contributed by atoms with Crippen LogP contribution in [0.15, 0.2) is 55.0 Å². The highest BCUT2D eigenvalue weighted by Crippen LogP contribution is 2.19. The van der Waals surface area contributed by atoms with Gasteiger partial charge in [-0.3, -0.25) is 0 Å². The van der Waals surface area contributed by atoms with E-state index in [1.165, 1.54) is 17.7 Å². The smallest absolute Gasteiger partial charge is 0.154 e. The molecule has 3 heterocycles. The Kier molecular flexibility index (Phi) is 2.92. The number of fused-ring (bicyclic) bond motifs is 2. The van der Waals surface area contributed by atoms with Crippen molar-refractivity contribution in [1.82, 2.24) is 14.6 Å². The highest BCUT2D eigenvalue weighted by Gasteiger charge is 2.05. The molecule has 0 radical (unpaired) electrons. The summed E-state index contributed by atoms with van der Waals surface area (Å²) >= 11 is 0. The third kappa shape index (κ3) is 2.18. The van der Waals surface area contributed by atoms with Crippen molar-refractivity contribution in [2.24, 2.45) is 0 Å². The Morgan fingerprint density at radius 1 is 1.06 bits per heavy atom. The highest BCUT2D eigenvalue weighted by molar-refractivity contribution is 5.54. The average Bonchev–Trinajstić information content (AvgIpc) is 3.08. The van der Waals surface area contributed by atoms with E-state index in [9.17, 15) is 0 Å². The van der Waals surface area contributed by atoms with Crippen molar-refractivity contribution in [3.63, 3.8) is 0 Å². The number of anilines is 1. The van der Waals surface area contributed by atoms with Gasteiger partial charge in [-0.15, -0.1) is 0 Å². The summed E-state index contributed by atoms with van der Waals surface area (Å²) in [6.45, 7) is 1.11. The minimum Gasteiger partial charge on any atom is -0.384 e. The van der Waals surface area contributed by atoms with Crippen LogP contribution in [-0.4, -0.2) is 21.1 Å². The molecule has 2 aromatic heterocycles. The number of rotatable bonds is 0. The fraction of sp³-hybridized carbons (Fsp3) is 0.143. The second-order valence-electron chi connectivity index (χ2n) is 4.09. The summed E-state index contributed by atoms with van der Waals surface area (Å²) in [5, 5.41) is 7.27. The maximum Gasteiger partial charge on any atom is 0.154 e. The molecule has 0 spiro atoms. The average molecular weight is 238 g/mol. The minimum absolute atomic E-state index is 0.887. The summed E-state index contributed by atoms with van der Waals surface area (Å²) in [5.74, 6) is 0. The number of para-hydroxylation sites is 1. The first-order valence-electron chi connectivity index (χ1n) is 5.99. The Labute approximate surface area is 105 Å². The molecule has 4 nitrogen and oxygen atoms in total. The molecule has 4 rings (SSSR count). The molecule has 0 bridgehead atoms. The fourth-order valence-corrected chi connectivity index (χ4v) is 2.01. The predicted molar refractivity (Wildman–Crippen MR) is 71.6 cm³/mol. The van der Waals surface area contributed by atoms with Crippen molar-refractivity contribution in [3.05, 3.63) is 60.6 Å². The molecular formula is C14H14N4. The normalized spacial score (nSPS) is 12.4. The van der Waals surface area contributed by atoms with Gasteiger partial charge in [0.1, 0.15) is 0 Å². The highest BCUT2D eigenvalue weighted by atomic mass is 15.2. The molecule has 1 aliphatic rings. The van der Waals surface area contributed by atoms with Gasteiger partial charge in [-0.1, -0.05) is 18.2 Å². The molecule has 0 unspecified atom stereocenters. The van der Waals surface area contributed by atoms with Crippen LogP contribution >= 0.6 is 0 Å². The van der Waals surface area contributed by atoms with Crippen LogP contribution in [0, 0.1) is 0 Å². The molecule has 1 aromatic carbocycles. The SMILES string of the molecule is c1ccc2c(c1)CCN2.c1cnc2ccnn2c1. The van der Waals surface area contributed by atoms with Crippen molar-refractivity contribution in [2.45, 2.75) is 6.42 Å². The topological polar surface area (TPSA) is 42.2 Å². The first-order valence-corrected chi connectivity index (χ1v) is 5.99. The lowest BCUT2D eigenvalue weighted by Crippen LogP contribution is -1.90. The van der Waals surface area contributed by atoms with E-state index in [2.05, 4.69) is 39.7 Å². The van der Waals surface area contributed by atoms with Crippen LogP contribution in [0.5, 0.6) is 0 Å². The van der Waals surface area contributed by atoms with Gasteiger partial charge in [0.05, 0.1) is 6.20 Å². The summed E-state index contributed by atoms with van der Waals surface area (Å²) in [6, 6.07) is 12.2. The van der Waals surface area contributed by atoms with Crippen molar-refractivity contribution >= 4 is 11.3 Å². The minimum atomic E-state index is 0.887. The molecule has 1 aliphatic heterocycles. The lowest BCUT2D eigenvalue weighted by atomic mass is 10.2. The van der Waals surface area contributed by atoms with E-state index in [1.54, 1.807) is 16.9 Å². The largest absolute Gasteiger partial charge is 0.384 e. The van der Waals surface area contributed by atoms with Gasteiger partial charge < -0.3 is 5.32 Å². The van der Waals surface area contributed by atoms with Crippen molar-refractivity contribution in [3.8, 4) is 0 Å². The molecule has 0 saturated heterocycles. The zero-order valence-electron chi connectivity index (χ0n) is 9.95. The van der Waals surface area contributed by atoms with E-state index >= 15 is 0 Å².